The molecule has 0 aromatic carbocycles. The Bertz CT molecular complexity index is 765. The van der Waals surface area contributed by atoms with Crippen molar-refractivity contribution >= 4 is 11.6 Å². The first-order chi connectivity index (χ1) is 11.0. The molecule has 1 aliphatic heterocycles. The third-order valence-corrected chi connectivity index (χ3v) is 4.10. The van der Waals surface area contributed by atoms with Crippen LogP contribution in [0.4, 0.5) is 5.69 Å². The van der Waals surface area contributed by atoms with E-state index in [0.29, 0.717) is 12.3 Å². The molecule has 3 heterocycles. The average molecular weight is 316 g/mol. The predicted molar refractivity (Wildman–Crippen MR) is 85.1 cm³/mol. The van der Waals surface area contributed by atoms with E-state index in [1.165, 1.54) is 12.3 Å². The van der Waals surface area contributed by atoms with Crippen molar-refractivity contribution < 1.29 is 9.53 Å². The van der Waals surface area contributed by atoms with Gasteiger partial charge in [0.25, 0.3) is 0 Å². The van der Waals surface area contributed by atoms with Gasteiger partial charge in [0, 0.05) is 37.7 Å². The fraction of sp³-hybridized carbons (Fsp3) is 0.438. The van der Waals surface area contributed by atoms with Crippen LogP contribution in [0.5, 0.6) is 0 Å². The van der Waals surface area contributed by atoms with E-state index < -0.39 is 0 Å². The number of pyridine rings is 1. The van der Waals surface area contributed by atoms with E-state index >= 15 is 0 Å². The molecule has 0 aliphatic carbocycles. The first-order valence-electron chi connectivity index (χ1n) is 7.65. The van der Waals surface area contributed by atoms with Crippen molar-refractivity contribution in [3.8, 4) is 0 Å². The van der Waals surface area contributed by atoms with Crippen molar-refractivity contribution in [1.82, 2.24) is 14.8 Å². The van der Waals surface area contributed by atoms with Crippen LogP contribution in [0.1, 0.15) is 30.1 Å². The number of nitrogens with one attached hydrogen (secondary N) is 2. The van der Waals surface area contributed by atoms with Crippen LogP contribution in [-0.4, -0.2) is 27.3 Å². The minimum absolute atomic E-state index is 0.103. The molecule has 0 unspecified atom stereocenters. The van der Waals surface area contributed by atoms with Crippen LogP contribution in [-0.2, 0) is 16.6 Å². The largest absolute Gasteiger partial charge is 0.373 e. The number of rotatable bonds is 3. The fourth-order valence-corrected chi connectivity index (χ4v) is 2.90. The number of amides is 1. The number of nitrogens with zero attached hydrogens (tertiary/aromatic N) is 2. The third kappa shape index (κ3) is 3.34. The summed E-state index contributed by atoms with van der Waals surface area (Å²) in [7, 11) is 1.84. The molecule has 3 rings (SSSR count). The number of aryl methyl sites for hydroxylation is 2. The normalized spacial score (nSPS) is 21.1. The highest BCUT2D eigenvalue weighted by Gasteiger charge is 2.34. The number of ether oxygens (including phenoxy) is 1. The summed E-state index contributed by atoms with van der Waals surface area (Å²) in [5, 5.41) is 7.06. The third-order valence-electron chi connectivity index (χ3n) is 4.10. The van der Waals surface area contributed by atoms with Crippen LogP contribution in [0.3, 0.4) is 0 Å². The van der Waals surface area contributed by atoms with Crippen molar-refractivity contribution in [1.29, 1.82) is 0 Å². The molecule has 2 aromatic heterocycles. The molecule has 0 radical (unpaired) electrons. The Labute approximate surface area is 133 Å². The Kier molecular flexibility index (Phi) is 4.29. The molecular formula is C16H20N4O3. The SMILES string of the molecule is Cc1cc(=O)[nH]cc1NC(=O)[C@@H]1CCCO[C@H]1c1cnn(C)c1. The second-order valence-corrected chi connectivity index (χ2v) is 5.87. The molecule has 2 N–H and O–H groups in total. The molecule has 0 spiro atoms. The highest BCUT2D eigenvalue weighted by atomic mass is 16.5. The smallest absolute Gasteiger partial charge is 0.248 e. The van der Waals surface area contributed by atoms with E-state index in [0.717, 1.165) is 24.0 Å². The Hall–Kier alpha value is -2.41. The van der Waals surface area contributed by atoms with Gasteiger partial charge in [-0.25, -0.2) is 0 Å². The number of hydrogen-bond acceptors (Lipinski definition) is 4. The van der Waals surface area contributed by atoms with Crippen LogP contribution in [0.25, 0.3) is 0 Å². The Morgan fingerprint density at radius 3 is 3.04 bits per heavy atom. The zero-order valence-corrected chi connectivity index (χ0v) is 13.2. The molecule has 1 saturated heterocycles. The molecule has 7 heteroatoms. The van der Waals surface area contributed by atoms with Gasteiger partial charge in [-0.2, -0.15) is 5.10 Å². The number of H-pyrrole nitrogens is 1. The lowest BCUT2D eigenvalue weighted by molar-refractivity contribution is -0.129. The van der Waals surface area contributed by atoms with Gasteiger partial charge >= 0.3 is 0 Å². The lowest BCUT2D eigenvalue weighted by atomic mass is 9.90. The van der Waals surface area contributed by atoms with Gasteiger partial charge in [-0.15, -0.1) is 0 Å². The molecule has 2 aromatic rings. The summed E-state index contributed by atoms with van der Waals surface area (Å²) in [6.07, 6.45) is 6.45. The molecule has 2 atom stereocenters. The van der Waals surface area contributed by atoms with Gasteiger partial charge in [0.2, 0.25) is 11.5 Å². The maximum atomic E-state index is 12.7. The topological polar surface area (TPSA) is 89.0 Å². The molecule has 0 saturated carbocycles. The van der Waals surface area contributed by atoms with Crippen molar-refractivity contribution in [3.05, 3.63) is 46.1 Å². The number of carbonyl (C=O) groups is 1. The number of carbonyl (C=O) groups excluding carboxylic acids is 1. The van der Waals surface area contributed by atoms with E-state index in [2.05, 4.69) is 15.4 Å². The van der Waals surface area contributed by atoms with Crippen LogP contribution in [0.2, 0.25) is 0 Å². The second kappa shape index (κ2) is 6.37. The predicted octanol–water partition coefficient (Wildman–Crippen LogP) is 1.52. The van der Waals surface area contributed by atoms with Gasteiger partial charge in [-0.05, 0) is 25.3 Å². The summed E-state index contributed by atoms with van der Waals surface area (Å²) >= 11 is 0. The molecule has 1 amide bonds. The van der Waals surface area contributed by atoms with E-state index in [1.807, 2.05) is 13.2 Å². The van der Waals surface area contributed by atoms with E-state index in [9.17, 15) is 9.59 Å². The summed E-state index contributed by atoms with van der Waals surface area (Å²) < 4.78 is 7.53. The monoisotopic (exact) mass is 316 g/mol. The first-order valence-corrected chi connectivity index (χ1v) is 7.65. The molecule has 122 valence electrons. The lowest BCUT2D eigenvalue weighted by Crippen LogP contribution is -2.33. The van der Waals surface area contributed by atoms with Gasteiger partial charge in [-0.1, -0.05) is 0 Å². The molecule has 0 bridgehead atoms. The van der Waals surface area contributed by atoms with E-state index in [-0.39, 0.29) is 23.5 Å². The Balaban J connectivity index is 1.80. The van der Waals surface area contributed by atoms with Crippen molar-refractivity contribution in [2.75, 3.05) is 11.9 Å². The van der Waals surface area contributed by atoms with Crippen molar-refractivity contribution in [2.45, 2.75) is 25.9 Å². The first kappa shape index (κ1) is 15.5. The average Bonchev–Trinajstić information content (AvgIpc) is 2.96. The van der Waals surface area contributed by atoms with Crippen LogP contribution in [0.15, 0.2) is 29.5 Å². The molecule has 1 aliphatic rings. The Morgan fingerprint density at radius 1 is 1.52 bits per heavy atom. The summed E-state index contributed by atoms with van der Waals surface area (Å²) in [5.74, 6) is -0.381. The van der Waals surface area contributed by atoms with Crippen molar-refractivity contribution in [3.63, 3.8) is 0 Å². The minimum Gasteiger partial charge on any atom is -0.373 e. The maximum absolute atomic E-state index is 12.7. The van der Waals surface area contributed by atoms with Gasteiger partial charge in [0.15, 0.2) is 0 Å². The summed E-state index contributed by atoms with van der Waals surface area (Å²) in [4.78, 5) is 26.5. The van der Waals surface area contributed by atoms with Gasteiger partial charge in [-0.3, -0.25) is 14.3 Å². The quantitative estimate of drug-likeness (QED) is 0.898. The maximum Gasteiger partial charge on any atom is 0.248 e. The molecule has 1 fully saturated rings. The van der Waals surface area contributed by atoms with Gasteiger partial charge in [0.05, 0.1) is 23.9 Å². The minimum atomic E-state index is -0.291. The zero-order valence-electron chi connectivity index (χ0n) is 13.2. The summed E-state index contributed by atoms with van der Waals surface area (Å²) in [6, 6.07) is 1.46. The van der Waals surface area contributed by atoms with Gasteiger partial charge in [0.1, 0.15) is 0 Å². The van der Waals surface area contributed by atoms with Crippen LogP contribution in [0, 0.1) is 12.8 Å². The lowest BCUT2D eigenvalue weighted by Gasteiger charge is -2.30. The van der Waals surface area contributed by atoms with E-state index in [1.54, 1.807) is 17.8 Å². The summed E-state index contributed by atoms with van der Waals surface area (Å²) in [5.41, 5.74) is 2.07. The van der Waals surface area contributed by atoms with Crippen LogP contribution >= 0.6 is 0 Å². The summed E-state index contributed by atoms with van der Waals surface area (Å²) in [6.45, 7) is 2.43. The Morgan fingerprint density at radius 2 is 2.35 bits per heavy atom. The van der Waals surface area contributed by atoms with Crippen LogP contribution < -0.4 is 10.9 Å². The molecule has 23 heavy (non-hydrogen) atoms. The highest BCUT2D eigenvalue weighted by molar-refractivity contribution is 5.93. The fourth-order valence-electron chi connectivity index (χ4n) is 2.90. The standard InChI is InChI=1S/C16H20N4O3/c1-10-6-14(21)17-8-13(10)19-16(22)12-4-3-5-23-15(12)11-7-18-20(2)9-11/h6-9,12,15H,3-5H2,1-2H3,(H,17,21)(H,19,22)/t12-,15+/m1/s1. The van der Waals surface area contributed by atoms with E-state index in [4.69, 9.17) is 4.74 Å². The molecular weight excluding hydrogens is 296 g/mol. The molecule has 7 nitrogen and oxygen atoms in total. The zero-order chi connectivity index (χ0) is 16.4. The number of anilines is 1. The highest BCUT2D eigenvalue weighted by Crippen LogP contribution is 2.34. The number of aromatic nitrogens is 3. The number of hydrogen-bond donors (Lipinski definition) is 2. The second-order valence-electron chi connectivity index (χ2n) is 5.87. The van der Waals surface area contributed by atoms with Gasteiger partial charge < -0.3 is 15.0 Å². The van der Waals surface area contributed by atoms with Crippen molar-refractivity contribution in [2.24, 2.45) is 13.0 Å². The number of aromatic amines is 1.